The summed E-state index contributed by atoms with van der Waals surface area (Å²) in [5.74, 6) is -1.09. The highest BCUT2D eigenvalue weighted by atomic mass is 35.5. The third-order valence-electron chi connectivity index (χ3n) is 3.59. The van der Waals surface area contributed by atoms with Crippen LogP contribution in [-0.2, 0) is 9.53 Å². The number of nitrogens with zero attached hydrogens (tertiary/aromatic N) is 2. The molecule has 1 amide bonds. The molecule has 1 N–H and O–H groups in total. The normalized spacial score (nSPS) is 18.0. The van der Waals surface area contributed by atoms with Gasteiger partial charge < -0.3 is 10.1 Å². The third kappa shape index (κ3) is 3.55. The van der Waals surface area contributed by atoms with E-state index < -0.39 is 16.2 Å². The molecule has 0 bridgehead atoms. The lowest BCUT2D eigenvalue weighted by molar-refractivity contribution is -0.117. The average molecular weight is 368 g/mol. The summed E-state index contributed by atoms with van der Waals surface area (Å²) in [6.45, 7) is 2.02. The lowest BCUT2D eigenvalue weighted by Crippen LogP contribution is -2.17. The van der Waals surface area contributed by atoms with E-state index >= 15 is 0 Å². The molecule has 1 aliphatic carbocycles. The molecule has 6 nitrogen and oxygen atoms in total. The Bertz CT molecular complexity index is 788. The van der Waals surface area contributed by atoms with Gasteiger partial charge in [0.25, 0.3) is 0 Å². The van der Waals surface area contributed by atoms with Crippen LogP contribution in [0.25, 0.3) is 5.69 Å². The molecule has 8 heteroatoms. The summed E-state index contributed by atoms with van der Waals surface area (Å²) in [5.41, 5.74) is 1.52. The fraction of sp³-hybridized carbons (Fsp3) is 0.312. The van der Waals surface area contributed by atoms with Gasteiger partial charge in [0.05, 0.1) is 18.2 Å². The lowest BCUT2D eigenvalue weighted by atomic mass is 10.2. The number of hydrogen-bond acceptors (Lipinski definition) is 4. The second-order valence-electron chi connectivity index (χ2n) is 5.42. The van der Waals surface area contributed by atoms with Crippen LogP contribution in [0.3, 0.4) is 0 Å². The standard InChI is InChI=1S/C16H15Cl2N3O3/c1-2-24-15(23)13-6-7-21(20-13)11-5-3-4-10(8-11)19-14(22)12-9-16(12,17)18/h3-8,12H,2,9H2,1H3,(H,19,22). The van der Waals surface area contributed by atoms with Crippen molar-refractivity contribution in [1.29, 1.82) is 0 Å². The maximum absolute atomic E-state index is 12.0. The van der Waals surface area contributed by atoms with Crippen molar-refractivity contribution in [1.82, 2.24) is 9.78 Å². The zero-order valence-corrected chi connectivity index (χ0v) is 14.3. The Morgan fingerprint density at radius 3 is 2.83 bits per heavy atom. The first-order valence-corrected chi connectivity index (χ1v) is 8.18. The Labute approximate surface area is 148 Å². The monoisotopic (exact) mass is 367 g/mol. The first-order valence-electron chi connectivity index (χ1n) is 7.42. The van der Waals surface area contributed by atoms with E-state index in [-0.39, 0.29) is 18.2 Å². The van der Waals surface area contributed by atoms with E-state index in [0.717, 1.165) is 0 Å². The second kappa shape index (κ2) is 6.45. The topological polar surface area (TPSA) is 73.2 Å². The highest BCUT2D eigenvalue weighted by molar-refractivity contribution is 6.52. The zero-order chi connectivity index (χ0) is 17.3. The molecular formula is C16H15Cl2N3O3. The van der Waals surface area contributed by atoms with Gasteiger partial charge in [-0.15, -0.1) is 23.2 Å². The SMILES string of the molecule is CCOC(=O)c1ccn(-c2cccc(NC(=O)C3CC3(Cl)Cl)c2)n1. The van der Waals surface area contributed by atoms with Gasteiger partial charge in [-0.1, -0.05) is 6.07 Å². The Balaban J connectivity index is 1.74. The number of alkyl halides is 2. The van der Waals surface area contributed by atoms with Crippen LogP contribution >= 0.6 is 23.2 Å². The minimum Gasteiger partial charge on any atom is -0.461 e. The minimum absolute atomic E-state index is 0.218. The van der Waals surface area contributed by atoms with Gasteiger partial charge in [0.2, 0.25) is 5.91 Å². The molecule has 2 aromatic rings. The van der Waals surface area contributed by atoms with Crippen LogP contribution < -0.4 is 5.32 Å². The Morgan fingerprint density at radius 2 is 2.17 bits per heavy atom. The number of rotatable bonds is 5. The maximum atomic E-state index is 12.0. The van der Waals surface area contributed by atoms with E-state index in [2.05, 4.69) is 10.4 Å². The quantitative estimate of drug-likeness (QED) is 0.650. The molecule has 0 spiro atoms. The van der Waals surface area contributed by atoms with E-state index in [4.69, 9.17) is 27.9 Å². The van der Waals surface area contributed by atoms with E-state index in [1.807, 2.05) is 6.07 Å². The van der Waals surface area contributed by atoms with Gasteiger partial charge in [-0.25, -0.2) is 9.48 Å². The van der Waals surface area contributed by atoms with E-state index in [9.17, 15) is 9.59 Å². The number of benzene rings is 1. The molecule has 0 aliphatic heterocycles. The van der Waals surface area contributed by atoms with Crippen molar-refractivity contribution in [2.24, 2.45) is 5.92 Å². The van der Waals surface area contributed by atoms with Crippen LogP contribution in [0, 0.1) is 5.92 Å². The van der Waals surface area contributed by atoms with Crippen LogP contribution in [0.5, 0.6) is 0 Å². The second-order valence-corrected chi connectivity index (χ2v) is 6.97. The van der Waals surface area contributed by atoms with Crippen molar-refractivity contribution in [3.63, 3.8) is 0 Å². The van der Waals surface area contributed by atoms with Gasteiger partial charge in [0.1, 0.15) is 4.33 Å². The summed E-state index contributed by atoms with van der Waals surface area (Å²) < 4.78 is 5.48. The number of hydrogen-bond donors (Lipinski definition) is 1. The average Bonchev–Trinajstić information content (AvgIpc) is 2.98. The molecule has 1 atom stereocenters. The number of carbonyl (C=O) groups excluding carboxylic acids is 2. The molecule has 0 saturated heterocycles. The molecule has 24 heavy (non-hydrogen) atoms. The first kappa shape index (κ1) is 16.8. The van der Waals surface area contributed by atoms with Gasteiger partial charge in [-0.2, -0.15) is 5.10 Å². The molecule has 1 unspecified atom stereocenters. The molecule has 1 aromatic carbocycles. The molecular weight excluding hydrogens is 353 g/mol. The molecule has 1 aromatic heterocycles. The van der Waals surface area contributed by atoms with Gasteiger partial charge in [-0.05, 0) is 37.6 Å². The van der Waals surface area contributed by atoms with Crippen molar-refractivity contribution >= 4 is 40.8 Å². The molecule has 3 rings (SSSR count). The number of halogens is 2. The smallest absolute Gasteiger partial charge is 0.358 e. The van der Waals surface area contributed by atoms with Crippen LogP contribution in [0.2, 0.25) is 0 Å². The first-order chi connectivity index (χ1) is 11.4. The highest BCUT2D eigenvalue weighted by Crippen LogP contribution is 2.53. The fourth-order valence-corrected chi connectivity index (χ4v) is 2.74. The molecule has 0 radical (unpaired) electrons. The Hall–Kier alpha value is -2.05. The van der Waals surface area contributed by atoms with Crippen molar-refractivity contribution in [2.45, 2.75) is 17.7 Å². The number of carbonyl (C=O) groups is 2. The zero-order valence-electron chi connectivity index (χ0n) is 12.8. The largest absolute Gasteiger partial charge is 0.461 e. The number of nitrogens with one attached hydrogen (secondary N) is 1. The Morgan fingerprint density at radius 1 is 1.42 bits per heavy atom. The summed E-state index contributed by atoms with van der Waals surface area (Å²) in [7, 11) is 0. The number of ether oxygens (including phenoxy) is 1. The van der Waals surface area contributed by atoms with E-state index in [1.54, 1.807) is 37.4 Å². The summed E-state index contributed by atoms with van der Waals surface area (Å²) >= 11 is 11.8. The van der Waals surface area contributed by atoms with Gasteiger partial charge in [0, 0.05) is 11.9 Å². The number of esters is 1. The van der Waals surface area contributed by atoms with Crippen molar-refractivity contribution < 1.29 is 14.3 Å². The van der Waals surface area contributed by atoms with Crippen LogP contribution in [0.15, 0.2) is 36.5 Å². The maximum Gasteiger partial charge on any atom is 0.358 e. The van der Waals surface area contributed by atoms with Gasteiger partial charge >= 0.3 is 5.97 Å². The lowest BCUT2D eigenvalue weighted by Gasteiger charge is -2.08. The molecule has 1 fully saturated rings. The molecule has 1 heterocycles. The van der Waals surface area contributed by atoms with Crippen molar-refractivity contribution in [3.05, 3.63) is 42.2 Å². The van der Waals surface area contributed by atoms with Crippen LogP contribution in [-0.4, -0.2) is 32.6 Å². The summed E-state index contributed by atoms with van der Waals surface area (Å²) in [4.78, 5) is 23.7. The number of anilines is 1. The number of amides is 1. The minimum atomic E-state index is -0.960. The summed E-state index contributed by atoms with van der Waals surface area (Å²) in [6, 6.07) is 8.65. The van der Waals surface area contributed by atoms with Crippen molar-refractivity contribution in [3.8, 4) is 5.69 Å². The molecule has 1 saturated carbocycles. The fourth-order valence-electron chi connectivity index (χ4n) is 2.23. The predicted octanol–water partition coefficient (Wildman–Crippen LogP) is 3.18. The molecule has 1 aliphatic rings. The summed E-state index contributed by atoms with van der Waals surface area (Å²) in [6.07, 6.45) is 2.10. The molecule has 126 valence electrons. The van der Waals surface area contributed by atoms with Crippen LogP contribution in [0.4, 0.5) is 5.69 Å². The summed E-state index contributed by atoms with van der Waals surface area (Å²) in [5, 5.41) is 6.96. The number of aromatic nitrogens is 2. The van der Waals surface area contributed by atoms with E-state index in [0.29, 0.717) is 17.8 Å². The van der Waals surface area contributed by atoms with E-state index in [1.165, 1.54) is 4.68 Å². The van der Waals surface area contributed by atoms with Gasteiger partial charge in [-0.3, -0.25) is 4.79 Å². The van der Waals surface area contributed by atoms with Crippen molar-refractivity contribution in [2.75, 3.05) is 11.9 Å². The third-order valence-corrected chi connectivity index (χ3v) is 4.43. The van der Waals surface area contributed by atoms with Gasteiger partial charge in [0.15, 0.2) is 5.69 Å². The predicted molar refractivity (Wildman–Crippen MR) is 90.7 cm³/mol. The highest BCUT2D eigenvalue weighted by Gasteiger charge is 2.56. The Kier molecular flexibility index (Phi) is 4.51. The van der Waals surface area contributed by atoms with Crippen LogP contribution in [0.1, 0.15) is 23.8 Å².